The third-order valence-corrected chi connectivity index (χ3v) is 7.95. The quantitative estimate of drug-likeness (QED) is 0.324. The molecule has 0 spiro atoms. The molecule has 40 heavy (non-hydrogen) atoms. The van der Waals surface area contributed by atoms with Crippen LogP contribution < -0.4 is 5.32 Å². The summed E-state index contributed by atoms with van der Waals surface area (Å²) in [6, 6.07) is 8.76. The Morgan fingerprint density at radius 1 is 1.18 bits per heavy atom. The molecule has 0 radical (unpaired) electrons. The minimum Gasteiger partial charge on any atom is -0.367 e. The van der Waals surface area contributed by atoms with Crippen molar-refractivity contribution in [3.8, 4) is 6.07 Å². The summed E-state index contributed by atoms with van der Waals surface area (Å²) in [5, 5.41) is 21.2. The van der Waals surface area contributed by atoms with Crippen LogP contribution in [0.1, 0.15) is 52.9 Å². The molecule has 1 saturated heterocycles. The van der Waals surface area contributed by atoms with Gasteiger partial charge in [0.25, 0.3) is 0 Å². The number of aromatic nitrogens is 5. The topological polar surface area (TPSA) is 98.5 Å². The zero-order valence-corrected chi connectivity index (χ0v) is 22.1. The molecule has 1 aromatic carbocycles. The lowest BCUT2D eigenvalue weighted by Gasteiger charge is -2.33. The number of nitrogens with one attached hydrogen (secondary N) is 2. The first kappa shape index (κ1) is 26.1. The van der Waals surface area contributed by atoms with Crippen LogP contribution in [-0.4, -0.2) is 54.9 Å². The molecule has 2 aliphatic rings. The van der Waals surface area contributed by atoms with Gasteiger partial charge in [-0.25, -0.2) is 9.97 Å². The number of anilines is 1. The second kappa shape index (κ2) is 10.4. The van der Waals surface area contributed by atoms with Gasteiger partial charge in [0.2, 0.25) is 0 Å². The van der Waals surface area contributed by atoms with Crippen molar-refractivity contribution in [1.82, 2.24) is 29.6 Å². The maximum absolute atomic E-state index is 12.9. The van der Waals surface area contributed by atoms with E-state index in [2.05, 4.69) is 55.5 Å². The number of hydrogen-bond acceptors (Lipinski definition) is 6. The number of alkyl halides is 3. The zero-order chi connectivity index (χ0) is 27.9. The lowest BCUT2D eigenvalue weighted by atomic mass is 10.0. The molecule has 0 unspecified atom stereocenters. The van der Waals surface area contributed by atoms with E-state index in [1.54, 1.807) is 12.3 Å². The van der Waals surface area contributed by atoms with Gasteiger partial charge < -0.3 is 9.88 Å². The standard InChI is InChI=1S/C29H29F3N8/c1-18-21(2-3-27-24(18)10-23(12-33)40(27)15-20-13-36-37-14-20)16-39-6-4-22(5-7-39)38-28-25-8-19(11-29(30,31)32)9-26(25)34-17-35-28/h2-3,9-10,13-14,17,22H,4-8,11,15-16H2,1H3,(H,36,37)(H,34,35,38). The maximum Gasteiger partial charge on any atom is 0.392 e. The van der Waals surface area contributed by atoms with Crippen molar-refractivity contribution in [2.24, 2.45) is 0 Å². The van der Waals surface area contributed by atoms with Crippen LogP contribution in [0.5, 0.6) is 0 Å². The maximum atomic E-state index is 12.9. The van der Waals surface area contributed by atoms with E-state index in [-0.39, 0.29) is 12.5 Å². The molecule has 4 aromatic rings. The van der Waals surface area contributed by atoms with Gasteiger partial charge in [0.15, 0.2) is 0 Å². The van der Waals surface area contributed by atoms with E-state index in [0.29, 0.717) is 29.3 Å². The van der Waals surface area contributed by atoms with E-state index in [0.717, 1.165) is 54.5 Å². The average Bonchev–Trinajstić information content (AvgIpc) is 3.66. The first-order chi connectivity index (χ1) is 19.3. The summed E-state index contributed by atoms with van der Waals surface area (Å²) < 4.78 is 40.7. The predicted octanol–water partition coefficient (Wildman–Crippen LogP) is 5.35. The van der Waals surface area contributed by atoms with Crippen LogP contribution in [-0.2, 0) is 19.5 Å². The molecule has 6 rings (SSSR count). The van der Waals surface area contributed by atoms with Gasteiger partial charge in [-0.05, 0) is 55.5 Å². The van der Waals surface area contributed by atoms with Crippen LogP contribution in [0.3, 0.4) is 0 Å². The number of H-pyrrole nitrogens is 1. The Bertz CT molecular complexity index is 1600. The Kier molecular flexibility index (Phi) is 6.80. The number of nitriles is 1. The number of aromatic amines is 1. The molecule has 1 aliphatic heterocycles. The fourth-order valence-corrected chi connectivity index (χ4v) is 5.86. The minimum atomic E-state index is -4.23. The van der Waals surface area contributed by atoms with Crippen molar-refractivity contribution in [3.05, 3.63) is 76.1 Å². The monoisotopic (exact) mass is 546 g/mol. The molecule has 3 aromatic heterocycles. The molecular formula is C29H29F3N8. The summed E-state index contributed by atoms with van der Waals surface area (Å²) in [5.41, 5.74) is 6.75. The Balaban J connectivity index is 1.09. The van der Waals surface area contributed by atoms with Crippen LogP contribution in [0.15, 0.2) is 42.5 Å². The second-order valence-electron chi connectivity index (χ2n) is 10.7. The number of halogens is 3. The Hall–Kier alpha value is -4.17. The first-order valence-corrected chi connectivity index (χ1v) is 13.4. The molecule has 8 nitrogen and oxygen atoms in total. The number of fused-ring (bicyclic) bond motifs is 2. The van der Waals surface area contributed by atoms with Crippen LogP contribution >= 0.6 is 0 Å². The van der Waals surface area contributed by atoms with Crippen molar-refractivity contribution < 1.29 is 13.2 Å². The smallest absolute Gasteiger partial charge is 0.367 e. The first-order valence-electron chi connectivity index (χ1n) is 13.4. The van der Waals surface area contributed by atoms with Gasteiger partial charge >= 0.3 is 6.18 Å². The van der Waals surface area contributed by atoms with Crippen LogP contribution in [0.25, 0.3) is 17.0 Å². The summed E-state index contributed by atoms with van der Waals surface area (Å²) >= 11 is 0. The van der Waals surface area contributed by atoms with Gasteiger partial charge in [-0.1, -0.05) is 11.6 Å². The van der Waals surface area contributed by atoms with Gasteiger partial charge in [0.1, 0.15) is 23.9 Å². The summed E-state index contributed by atoms with van der Waals surface area (Å²) in [6.07, 6.45) is 3.47. The fraction of sp³-hybridized carbons (Fsp3) is 0.379. The molecule has 206 valence electrons. The van der Waals surface area contributed by atoms with Gasteiger partial charge in [0.05, 0.1) is 24.9 Å². The van der Waals surface area contributed by atoms with Crippen molar-refractivity contribution in [2.75, 3.05) is 18.4 Å². The minimum absolute atomic E-state index is 0.195. The molecular weight excluding hydrogens is 517 g/mol. The number of likely N-dealkylation sites (tertiary alicyclic amines) is 1. The lowest BCUT2D eigenvalue weighted by molar-refractivity contribution is -0.127. The third kappa shape index (κ3) is 5.31. The van der Waals surface area contributed by atoms with Crippen molar-refractivity contribution >= 4 is 22.8 Å². The molecule has 0 bridgehead atoms. The molecule has 2 N–H and O–H groups in total. The highest BCUT2D eigenvalue weighted by atomic mass is 19.4. The molecule has 0 saturated carbocycles. The van der Waals surface area contributed by atoms with Crippen LogP contribution in [0, 0.1) is 18.3 Å². The highest BCUT2D eigenvalue weighted by molar-refractivity contribution is 5.86. The van der Waals surface area contributed by atoms with E-state index in [1.165, 1.54) is 17.5 Å². The SMILES string of the molecule is Cc1c(CN2CCC(Nc3ncnc4c3CC(CC(F)(F)F)=C4)CC2)ccc2c1cc(C#N)n2Cc1cn[nH]c1. The largest absolute Gasteiger partial charge is 0.392 e. The summed E-state index contributed by atoms with van der Waals surface area (Å²) in [6.45, 7) is 5.30. The van der Waals surface area contributed by atoms with E-state index in [9.17, 15) is 18.4 Å². The van der Waals surface area contributed by atoms with Crippen LogP contribution in [0.4, 0.5) is 19.0 Å². The van der Waals surface area contributed by atoms with Gasteiger partial charge in [-0.2, -0.15) is 23.5 Å². The average molecular weight is 547 g/mol. The van der Waals surface area contributed by atoms with E-state index < -0.39 is 12.6 Å². The number of allylic oxidation sites excluding steroid dienone is 1. The number of rotatable bonds is 7. The van der Waals surface area contributed by atoms with Crippen molar-refractivity contribution in [1.29, 1.82) is 5.26 Å². The predicted molar refractivity (Wildman–Crippen MR) is 145 cm³/mol. The number of benzene rings is 1. The van der Waals surface area contributed by atoms with Gasteiger partial charge in [-0.3, -0.25) is 10.00 Å². The van der Waals surface area contributed by atoms with Crippen molar-refractivity contribution in [3.63, 3.8) is 0 Å². The highest BCUT2D eigenvalue weighted by Gasteiger charge is 2.32. The number of aryl methyl sites for hydroxylation is 1. The van der Waals surface area contributed by atoms with Gasteiger partial charge in [-0.15, -0.1) is 0 Å². The Labute approximate surface area is 229 Å². The number of piperidine rings is 1. The normalized spacial score (nSPS) is 16.2. The molecule has 11 heteroatoms. The molecule has 1 fully saturated rings. The third-order valence-electron chi connectivity index (χ3n) is 7.95. The number of nitrogens with zero attached hydrogens (tertiary/aromatic N) is 6. The van der Waals surface area contributed by atoms with E-state index in [4.69, 9.17) is 0 Å². The Morgan fingerprint density at radius 2 is 2.00 bits per heavy atom. The lowest BCUT2D eigenvalue weighted by Crippen LogP contribution is -2.39. The second-order valence-corrected chi connectivity index (χ2v) is 10.7. The molecule has 1 aliphatic carbocycles. The highest BCUT2D eigenvalue weighted by Crippen LogP contribution is 2.35. The van der Waals surface area contributed by atoms with Crippen LogP contribution in [0.2, 0.25) is 0 Å². The molecule has 0 atom stereocenters. The zero-order valence-electron chi connectivity index (χ0n) is 22.1. The summed E-state index contributed by atoms with van der Waals surface area (Å²) in [4.78, 5) is 11.0. The molecule has 0 amide bonds. The van der Waals surface area contributed by atoms with Gasteiger partial charge in [0, 0.05) is 53.9 Å². The fourth-order valence-electron chi connectivity index (χ4n) is 5.86. The molecule has 4 heterocycles. The van der Waals surface area contributed by atoms with Crippen molar-refractivity contribution in [2.45, 2.75) is 57.9 Å². The van der Waals surface area contributed by atoms with E-state index in [1.807, 2.05) is 16.8 Å². The van der Waals surface area contributed by atoms with E-state index >= 15 is 0 Å². The number of hydrogen-bond donors (Lipinski definition) is 2. The summed E-state index contributed by atoms with van der Waals surface area (Å²) in [5.74, 6) is 0.645. The Morgan fingerprint density at radius 3 is 2.73 bits per heavy atom. The summed E-state index contributed by atoms with van der Waals surface area (Å²) in [7, 11) is 0.